The Kier molecular flexibility index (Phi) is 64.6. The molecule has 0 aliphatic carbocycles. The SMILES string of the molecule is CCCCC/C=C\C/C=C\CCCCCCCCCCCC(=O)OC(COC(=O)CCCCCCCCCCCC)COC(=O)CCCCCCCCCCCCCCCCCCCCCCCCCCCCCCCC. The fourth-order valence-electron chi connectivity index (χ4n) is 10.7. The number of carbonyl (C=O) groups excluding carboxylic acids is 3. The second-order valence-electron chi connectivity index (χ2n) is 23.8. The molecule has 0 spiro atoms. The minimum atomic E-state index is -0.769. The molecule has 6 heteroatoms. The maximum atomic E-state index is 12.9. The molecular weight excluding hydrogens is 949 g/mol. The lowest BCUT2D eigenvalue weighted by Gasteiger charge is -2.18. The first kappa shape index (κ1) is 74.9. The molecule has 1 atom stereocenters. The molecule has 0 heterocycles. The molecule has 1 unspecified atom stereocenters. The summed E-state index contributed by atoms with van der Waals surface area (Å²) in [6, 6.07) is 0. The van der Waals surface area contributed by atoms with Gasteiger partial charge in [0.15, 0.2) is 6.10 Å². The van der Waals surface area contributed by atoms with Crippen LogP contribution in [0.3, 0.4) is 0 Å². The number of allylic oxidation sites excluding steroid dienone is 4. The summed E-state index contributed by atoms with van der Waals surface area (Å²) < 4.78 is 16.9. The van der Waals surface area contributed by atoms with Crippen molar-refractivity contribution in [3.05, 3.63) is 24.3 Å². The van der Waals surface area contributed by atoms with Crippen LogP contribution in [0.5, 0.6) is 0 Å². The molecule has 0 radical (unpaired) electrons. The zero-order chi connectivity index (χ0) is 55.7. The number of ether oxygens (including phenoxy) is 3. The van der Waals surface area contributed by atoms with Gasteiger partial charge in [-0.05, 0) is 51.4 Å². The molecule has 0 aromatic carbocycles. The van der Waals surface area contributed by atoms with Crippen molar-refractivity contribution in [1.29, 1.82) is 0 Å². The lowest BCUT2D eigenvalue weighted by atomic mass is 10.0. The predicted molar refractivity (Wildman–Crippen MR) is 335 cm³/mol. The molecule has 0 saturated heterocycles. The van der Waals surface area contributed by atoms with Gasteiger partial charge >= 0.3 is 17.9 Å². The maximum absolute atomic E-state index is 12.9. The van der Waals surface area contributed by atoms with Crippen LogP contribution in [-0.2, 0) is 28.6 Å². The Bertz CT molecular complexity index is 1240. The second-order valence-corrected chi connectivity index (χ2v) is 23.8. The minimum absolute atomic E-state index is 0.0669. The van der Waals surface area contributed by atoms with Crippen LogP contribution in [-0.4, -0.2) is 37.2 Å². The lowest BCUT2D eigenvalue weighted by molar-refractivity contribution is -0.167. The van der Waals surface area contributed by atoms with Crippen LogP contribution in [0, 0.1) is 0 Å². The van der Waals surface area contributed by atoms with Crippen LogP contribution in [0.15, 0.2) is 24.3 Å². The van der Waals surface area contributed by atoms with Crippen LogP contribution in [0.25, 0.3) is 0 Å². The third-order valence-electron chi connectivity index (χ3n) is 16.0. The van der Waals surface area contributed by atoms with Crippen molar-refractivity contribution >= 4 is 17.9 Å². The number of rotatable bonds is 65. The molecular formula is C71H134O6. The molecule has 77 heavy (non-hydrogen) atoms. The van der Waals surface area contributed by atoms with Gasteiger partial charge in [0.25, 0.3) is 0 Å². The fraction of sp³-hybridized carbons (Fsp3) is 0.901. The highest BCUT2D eigenvalue weighted by molar-refractivity contribution is 5.71. The summed E-state index contributed by atoms with van der Waals surface area (Å²) in [5, 5.41) is 0. The normalized spacial score (nSPS) is 12.1. The highest BCUT2D eigenvalue weighted by atomic mass is 16.6. The number of unbranched alkanes of at least 4 members (excludes halogenated alkanes) is 50. The van der Waals surface area contributed by atoms with E-state index in [1.165, 1.54) is 289 Å². The topological polar surface area (TPSA) is 78.9 Å². The molecule has 0 bridgehead atoms. The molecule has 6 nitrogen and oxygen atoms in total. The summed E-state index contributed by atoms with van der Waals surface area (Å²) in [6.45, 7) is 6.67. The standard InChI is InChI=1S/C71H134O6/c1-4-7-10-13-16-19-22-24-26-28-30-31-32-33-34-35-36-37-38-39-40-42-43-45-47-49-52-55-58-61-64-70(73)76-67-68(66-75-69(72)63-60-57-54-51-21-18-15-12-9-6-3)77-71(74)65-62-59-56-53-50-48-46-44-41-29-27-25-23-20-17-14-11-8-5-2/h17,20,25,27,68H,4-16,18-19,21-24,26,28-67H2,1-3H3/b20-17-,27-25-. The average Bonchev–Trinajstić information content (AvgIpc) is 3.43. The van der Waals surface area contributed by atoms with Crippen molar-refractivity contribution in [2.75, 3.05) is 13.2 Å². The molecule has 0 aliphatic rings. The largest absolute Gasteiger partial charge is 0.462 e. The van der Waals surface area contributed by atoms with Crippen LogP contribution in [0.4, 0.5) is 0 Å². The predicted octanol–water partition coefficient (Wildman–Crippen LogP) is 23.8. The van der Waals surface area contributed by atoms with Gasteiger partial charge in [-0.1, -0.05) is 347 Å². The van der Waals surface area contributed by atoms with E-state index >= 15 is 0 Å². The van der Waals surface area contributed by atoms with E-state index in [9.17, 15) is 14.4 Å². The molecule has 0 saturated carbocycles. The zero-order valence-corrected chi connectivity index (χ0v) is 52.3. The molecule has 0 N–H and O–H groups in total. The summed E-state index contributed by atoms with van der Waals surface area (Å²) in [5.41, 5.74) is 0. The quantitative estimate of drug-likeness (QED) is 0.0261. The Morgan fingerprint density at radius 1 is 0.260 bits per heavy atom. The average molecular weight is 1080 g/mol. The first-order chi connectivity index (χ1) is 38.0. The van der Waals surface area contributed by atoms with Crippen LogP contribution < -0.4 is 0 Å². The summed E-state index contributed by atoms with van der Waals surface area (Å²) >= 11 is 0. The molecule has 0 aliphatic heterocycles. The van der Waals surface area contributed by atoms with Crippen LogP contribution in [0.1, 0.15) is 393 Å². The molecule has 0 aromatic rings. The number of esters is 3. The van der Waals surface area contributed by atoms with Crippen LogP contribution >= 0.6 is 0 Å². The van der Waals surface area contributed by atoms with Gasteiger partial charge in [-0.25, -0.2) is 0 Å². The van der Waals surface area contributed by atoms with E-state index in [4.69, 9.17) is 14.2 Å². The molecule has 0 rings (SSSR count). The Morgan fingerprint density at radius 3 is 0.740 bits per heavy atom. The Balaban J connectivity index is 4.08. The monoisotopic (exact) mass is 1080 g/mol. The Morgan fingerprint density at radius 2 is 0.468 bits per heavy atom. The van der Waals surface area contributed by atoms with E-state index in [-0.39, 0.29) is 31.1 Å². The van der Waals surface area contributed by atoms with Crippen molar-refractivity contribution < 1.29 is 28.6 Å². The van der Waals surface area contributed by atoms with Crippen molar-refractivity contribution in [3.63, 3.8) is 0 Å². The summed E-state index contributed by atoms with van der Waals surface area (Å²) in [7, 11) is 0. The minimum Gasteiger partial charge on any atom is -0.462 e. The van der Waals surface area contributed by atoms with Gasteiger partial charge in [0.1, 0.15) is 13.2 Å². The van der Waals surface area contributed by atoms with E-state index in [1.54, 1.807) is 0 Å². The molecule has 0 amide bonds. The Labute approximate surface area is 481 Å². The summed E-state index contributed by atoms with van der Waals surface area (Å²) in [5.74, 6) is -0.845. The van der Waals surface area contributed by atoms with Crippen molar-refractivity contribution in [1.82, 2.24) is 0 Å². The summed E-state index contributed by atoms with van der Waals surface area (Å²) in [4.78, 5) is 38.3. The van der Waals surface area contributed by atoms with Gasteiger partial charge in [0.05, 0.1) is 0 Å². The Hall–Kier alpha value is -2.11. The van der Waals surface area contributed by atoms with Gasteiger partial charge < -0.3 is 14.2 Å². The van der Waals surface area contributed by atoms with E-state index < -0.39 is 6.10 Å². The summed E-state index contributed by atoms with van der Waals surface area (Å²) in [6.07, 6.45) is 80.8. The number of hydrogen-bond donors (Lipinski definition) is 0. The number of carbonyl (C=O) groups is 3. The third-order valence-corrected chi connectivity index (χ3v) is 16.0. The highest BCUT2D eigenvalue weighted by Crippen LogP contribution is 2.19. The molecule has 454 valence electrons. The van der Waals surface area contributed by atoms with Gasteiger partial charge in [-0.3, -0.25) is 14.4 Å². The molecule has 0 aromatic heterocycles. The second kappa shape index (κ2) is 66.4. The van der Waals surface area contributed by atoms with E-state index in [0.29, 0.717) is 19.3 Å². The van der Waals surface area contributed by atoms with Crippen molar-refractivity contribution in [2.45, 2.75) is 399 Å². The highest BCUT2D eigenvalue weighted by Gasteiger charge is 2.19. The lowest BCUT2D eigenvalue weighted by Crippen LogP contribution is -2.30. The van der Waals surface area contributed by atoms with Crippen molar-refractivity contribution in [2.24, 2.45) is 0 Å². The molecule has 0 fully saturated rings. The smallest absolute Gasteiger partial charge is 0.306 e. The third kappa shape index (κ3) is 64.6. The van der Waals surface area contributed by atoms with E-state index in [1.807, 2.05) is 0 Å². The van der Waals surface area contributed by atoms with Gasteiger partial charge in [0, 0.05) is 19.3 Å². The van der Waals surface area contributed by atoms with E-state index in [0.717, 1.165) is 64.2 Å². The van der Waals surface area contributed by atoms with Gasteiger partial charge in [-0.2, -0.15) is 0 Å². The van der Waals surface area contributed by atoms with Gasteiger partial charge in [-0.15, -0.1) is 0 Å². The van der Waals surface area contributed by atoms with Crippen molar-refractivity contribution in [3.8, 4) is 0 Å². The fourth-order valence-corrected chi connectivity index (χ4v) is 10.7. The first-order valence-electron chi connectivity index (χ1n) is 34.8. The van der Waals surface area contributed by atoms with Gasteiger partial charge in [0.2, 0.25) is 0 Å². The maximum Gasteiger partial charge on any atom is 0.306 e. The first-order valence-corrected chi connectivity index (χ1v) is 34.8. The zero-order valence-electron chi connectivity index (χ0n) is 52.3. The van der Waals surface area contributed by atoms with Crippen LogP contribution in [0.2, 0.25) is 0 Å². The number of hydrogen-bond acceptors (Lipinski definition) is 6. The van der Waals surface area contributed by atoms with E-state index in [2.05, 4.69) is 45.1 Å².